The quantitative estimate of drug-likeness (QED) is 0.846. The minimum Gasteiger partial charge on any atom is -0.338 e. The van der Waals surface area contributed by atoms with Crippen molar-refractivity contribution < 1.29 is 9.32 Å². The van der Waals surface area contributed by atoms with E-state index >= 15 is 0 Å². The molecule has 0 radical (unpaired) electrons. The second kappa shape index (κ2) is 8.17. The van der Waals surface area contributed by atoms with Crippen molar-refractivity contribution in [2.24, 2.45) is 0 Å². The van der Waals surface area contributed by atoms with E-state index in [1.807, 2.05) is 13.0 Å². The number of piperazine rings is 1. The predicted molar refractivity (Wildman–Crippen MR) is 93.0 cm³/mol. The molecule has 3 heterocycles. The monoisotopic (exact) mass is 344 g/mol. The van der Waals surface area contributed by atoms with Crippen molar-refractivity contribution in [2.45, 2.75) is 26.3 Å². The Morgan fingerprint density at radius 1 is 1.36 bits per heavy atom. The van der Waals surface area contributed by atoms with Gasteiger partial charge in [-0.2, -0.15) is 4.98 Å². The summed E-state index contributed by atoms with van der Waals surface area (Å²) in [4.78, 5) is 25.0. The number of aromatic nitrogens is 3. The smallest absolute Gasteiger partial charge is 0.243 e. The molecule has 1 aliphatic heterocycles. The van der Waals surface area contributed by atoms with Crippen molar-refractivity contribution in [1.29, 1.82) is 0 Å². The molecule has 0 aromatic carbocycles. The normalized spacial score (nSPS) is 17.4. The average Bonchev–Trinajstić information content (AvgIpc) is 3.12. The molecular weight excluding hydrogens is 320 g/mol. The van der Waals surface area contributed by atoms with E-state index in [4.69, 9.17) is 4.52 Å². The summed E-state index contributed by atoms with van der Waals surface area (Å²) < 4.78 is 5.34. The molecule has 0 unspecified atom stereocenters. The highest BCUT2D eigenvalue weighted by atomic mass is 16.5. The number of hydrogen-bond acceptors (Lipinski definition) is 7. The van der Waals surface area contributed by atoms with Crippen molar-refractivity contribution >= 4 is 11.6 Å². The summed E-state index contributed by atoms with van der Waals surface area (Å²) >= 11 is 0. The SMILES string of the molecule is CCc1noc([C@@H](C)N2CCN(CC(=O)Nc3cccnc3)CC2)n1. The Bertz CT molecular complexity index is 681. The van der Waals surface area contributed by atoms with Gasteiger partial charge in [0.25, 0.3) is 0 Å². The molecule has 0 spiro atoms. The minimum absolute atomic E-state index is 0.0148. The van der Waals surface area contributed by atoms with Gasteiger partial charge in [-0.15, -0.1) is 0 Å². The molecule has 8 nitrogen and oxygen atoms in total. The highest BCUT2D eigenvalue weighted by molar-refractivity contribution is 5.92. The number of amides is 1. The maximum absolute atomic E-state index is 12.1. The summed E-state index contributed by atoms with van der Waals surface area (Å²) in [5, 5.41) is 6.83. The molecule has 2 aromatic heterocycles. The molecule has 134 valence electrons. The molecule has 1 atom stereocenters. The first-order chi connectivity index (χ1) is 12.2. The van der Waals surface area contributed by atoms with Gasteiger partial charge in [0.1, 0.15) is 0 Å². The zero-order valence-corrected chi connectivity index (χ0v) is 14.7. The summed E-state index contributed by atoms with van der Waals surface area (Å²) in [5.74, 6) is 1.39. The van der Waals surface area contributed by atoms with Gasteiger partial charge in [-0.05, 0) is 19.1 Å². The topological polar surface area (TPSA) is 87.4 Å². The molecule has 8 heteroatoms. The first-order valence-corrected chi connectivity index (χ1v) is 8.64. The summed E-state index contributed by atoms with van der Waals surface area (Å²) in [7, 11) is 0. The number of rotatable bonds is 6. The number of carbonyl (C=O) groups is 1. The lowest BCUT2D eigenvalue weighted by molar-refractivity contribution is -0.117. The van der Waals surface area contributed by atoms with Crippen LogP contribution in [0.3, 0.4) is 0 Å². The predicted octanol–water partition coefficient (Wildman–Crippen LogP) is 1.34. The minimum atomic E-state index is -0.0148. The van der Waals surface area contributed by atoms with Crippen LogP contribution in [0.5, 0.6) is 0 Å². The third-order valence-corrected chi connectivity index (χ3v) is 4.42. The van der Waals surface area contributed by atoms with Crippen LogP contribution in [0, 0.1) is 0 Å². The standard InChI is InChI=1S/C17H24N6O2/c1-3-15-20-17(25-21-15)13(2)23-9-7-22(8-10-23)12-16(24)19-14-5-4-6-18-11-14/h4-6,11,13H,3,7-10,12H2,1-2H3,(H,19,24)/t13-/m1/s1. The lowest BCUT2D eigenvalue weighted by Gasteiger charge is -2.36. The molecule has 0 bridgehead atoms. The number of anilines is 1. The van der Waals surface area contributed by atoms with Crippen molar-refractivity contribution in [2.75, 3.05) is 38.0 Å². The van der Waals surface area contributed by atoms with Crippen LogP contribution < -0.4 is 5.32 Å². The van der Waals surface area contributed by atoms with Crippen LogP contribution in [-0.4, -0.2) is 63.6 Å². The summed E-state index contributed by atoms with van der Waals surface area (Å²) in [6, 6.07) is 3.73. The maximum atomic E-state index is 12.1. The fourth-order valence-corrected chi connectivity index (χ4v) is 2.89. The fraction of sp³-hybridized carbons (Fsp3) is 0.529. The largest absolute Gasteiger partial charge is 0.338 e. The number of nitrogens with one attached hydrogen (secondary N) is 1. The molecule has 2 aromatic rings. The molecule has 1 fully saturated rings. The molecule has 25 heavy (non-hydrogen) atoms. The summed E-state index contributed by atoms with van der Waals surface area (Å²) in [6.07, 6.45) is 4.10. The maximum Gasteiger partial charge on any atom is 0.243 e. The number of hydrogen-bond donors (Lipinski definition) is 1. The van der Waals surface area contributed by atoms with E-state index in [1.165, 1.54) is 0 Å². The van der Waals surface area contributed by atoms with Gasteiger partial charge in [-0.1, -0.05) is 12.1 Å². The summed E-state index contributed by atoms with van der Waals surface area (Å²) in [5.41, 5.74) is 0.725. The van der Waals surface area contributed by atoms with E-state index in [-0.39, 0.29) is 11.9 Å². The number of pyridine rings is 1. The average molecular weight is 344 g/mol. The Morgan fingerprint density at radius 3 is 2.80 bits per heavy atom. The van der Waals surface area contributed by atoms with Gasteiger partial charge < -0.3 is 9.84 Å². The van der Waals surface area contributed by atoms with Crippen LogP contribution in [0.1, 0.15) is 31.6 Å². The Labute approximate surface area is 147 Å². The molecule has 0 aliphatic carbocycles. The van der Waals surface area contributed by atoms with Crippen LogP contribution in [0.25, 0.3) is 0 Å². The van der Waals surface area contributed by atoms with Crippen molar-refractivity contribution in [3.8, 4) is 0 Å². The van der Waals surface area contributed by atoms with Crippen LogP contribution in [0.2, 0.25) is 0 Å². The van der Waals surface area contributed by atoms with Gasteiger partial charge in [0, 0.05) is 38.8 Å². The Kier molecular flexibility index (Phi) is 5.72. The van der Waals surface area contributed by atoms with Gasteiger partial charge in [-0.3, -0.25) is 19.6 Å². The molecule has 3 rings (SSSR count). The van der Waals surface area contributed by atoms with E-state index in [9.17, 15) is 4.79 Å². The van der Waals surface area contributed by atoms with E-state index in [0.29, 0.717) is 12.4 Å². The Hall–Kier alpha value is -2.32. The van der Waals surface area contributed by atoms with E-state index < -0.39 is 0 Å². The van der Waals surface area contributed by atoms with E-state index in [2.05, 4.69) is 37.2 Å². The third kappa shape index (κ3) is 4.61. The van der Waals surface area contributed by atoms with Crippen LogP contribution >= 0.6 is 0 Å². The molecular formula is C17H24N6O2. The molecule has 1 saturated heterocycles. The van der Waals surface area contributed by atoms with E-state index in [1.54, 1.807) is 18.5 Å². The van der Waals surface area contributed by atoms with Crippen molar-refractivity contribution in [3.63, 3.8) is 0 Å². The Balaban J connectivity index is 1.46. The summed E-state index contributed by atoms with van der Waals surface area (Å²) in [6.45, 7) is 7.87. The van der Waals surface area contributed by atoms with Crippen LogP contribution in [0.15, 0.2) is 29.0 Å². The zero-order chi connectivity index (χ0) is 17.6. The lowest BCUT2D eigenvalue weighted by atomic mass is 10.2. The number of carbonyl (C=O) groups excluding carboxylic acids is 1. The number of nitrogens with zero attached hydrogens (tertiary/aromatic N) is 5. The van der Waals surface area contributed by atoms with Gasteiger partial charge >= 0.3 is 0 Å². The van der Waals surface area contributed by atoms with Gasteiger partial charge in [0.05, 0.1) is 24.5 Å². The number of aryl methyl sites for hydroxylation is 1. The van der Waals surface area contributed by atoms with E-state index in [0.717, 1.165) is 44.1 Å². The first-order valence-electron chi connectivity index (χ1n) is 8.64. The second-order valence-corrected chi connectivity index (χ2v) is 6.18. The molecule has 1 amide bonds. The molecule has 1 N–H and O–H groups in total. The lowest BCUT2D eigenvalue weighted by Crippen LogP contribution is -2.49. The molecule has 0 saturated carbocycles. The van der Waals surface area contributed by atoms with Crippen LogP contribution in [-0.2, 0) is 11.2 Å². The fourth-order valence-electron chi connectivity index (χ4n) is 2.89. The molecule has 1 aliphatic rings. The highest BCUT2D eigenvalue weighted by Crippen LogP contribution is 2.20. The van der Waals surface area contributed by atoms with Crippen molar-refractivity contribution in [3.05, 3.63) is 36.2 Å². The van der Waals surface area contributed by atoms with Gasteiger partial charge in [-0.25, -0.2) is 0 Å². The third-order valence-electron chi connectivity index (χ3n) is 4.42. The van der Waals surface area contributed by atoms with Gasteiger partial charge in [0.2, 0.25) is 11.8 Å². The highest BCUT2D eigenvalue weighted by Gasteiger charge is 2.26. The van der Waals surface area contributed by atoms with Crippen LogP contribution in [0.4, 0.5) is 5.69 Å². The second-order valence-electron chi connectivity index (χ2n) is 6.18. The zero-order valence-electron chi connectivity index (χ0n) is 14.7. The van der Waals surface area contributed by atoms with Crippen molar-refractivity contribution in [1.82, 2.24) is 24.9 Å². The Morgan fingerprint density at radius 2 is 2.16 bits per heavy atom. The first kappa shape index (κ1) is 17.5. The van der Waals surface area contributed by atoms with Gasteiger partial charge in [0.15, 0.2) is 5.82 Å².